The summed E-state index contributed by atoms with van der Waals surface area (Å²) in [6.07, 6.45) is 0. The number of piperazine rings is 1. The van der Waals surface area contributed by atoms with Crippen LogP contribution in [0.4, 0.5) is 22.7 Å². The van der Waals surface area contributed by atoms with Crippen LogP contribution in [-0.2, 0) is 0 Å². The second-order valence-electron chi connectivity index (χ2n) is 7.07. The minimum absolute atomic E-state index is 0.578. The van der Waals surface area contributed by atoms with Crippen molar-refractivity contribution in [3.63, 3.8) is 0 Å². The summed E-state index contributed by atoms with van der Waals surface area (Å²) in [6, 6.07) is 24.0. The van der Waals surface area contributed by atoms with Crippen molar-refractivity contribution in [1.82, 2.24) is 4.90 Å². The number of thiocarbonyl (C=S) groups is 1. The zero-order valence-electron chi connectivity index (χ0n) is 16.3. The van der Waals surface area contributed by atoms with Crippen LogP contribution in [0.15, 0.2) is 72.8 Å². The van der Waals surface area contributed by atoms with Gasteiger partial charge in [-0.05, 0) is 66.8 Å². The second kappa shape index (κ2) is 9.56. The van der Waals surface area contributed by atoms with Crippen molar-refractivity contribution in [2.24, 2.45) is 0 Å². The van der Waals surface area contributed by atoms with Gasteiger partial charge < -0.3 is 20.4 Å². The third-order valence-corrected chi connectivity index (χ3v) is 6.13. The lowest BCUT2D eigenvalue weighted by molar-refractivity contribution is 0.391. The summed E-state index contributed by atoms with van der Waals surface area (Å²) in [7, 11) is 0. The maximum Gasteiger partial charge on any atom is 0.173 e. The lowest BCUT2D eigenvalue weighted by Gasteiger charge is -2.37. The van der Waals surface area contributed by atoms with E-state index in [1.807, 2.05) is 72.8 Å². The van der Waals surface area contributed by atoms with Crippen LogP contribution in [0.25, 0.3) is 0 Å². The first-order valence-corrected chi connectivity index (χ1v) is 10.9. The van der Waals surface area contributed by atoms with E-state index in [4.69, 9.17) is 35.4 Å². The van der Waals surface area contributed by atoms with Crippen LogP contribution < -0.4 is 15.5 Å². The molecule has 1 saturated heterocycles. The number of rotatable bonds is 4. The lowest BCUT2D eigenvalue weighted by atomic mass is 10.2. The molecule has 0 amide bonds. The molecule has 4 rings (SSSR count). The Morgan fingerprint density at radius 2 is 1.37 bits per heavy atom. The molecule has 3 aromatic rings. The van der Waals surface area contributed by atoms with Gasteiger partial charge in [-0.1, -0.05) is 41.4 Å². The summed E-state index contributed by atoms with van der Waals surface area (Å²) in [5, 5.41) is 8.63. The molecule has 0 radical (unpaired) electrons. The molecule has 4 nitrogen and oxygen atoms in total. The van der Waals surface area contributed by atoms with Gasteiger partial charge in [0.25, 0.3) is 0 Å². The van der Waals surface area contributed by atoms with Gasteiger partial charge in [-0.3, -0.25) is 0 Å². The van der Waals surface area contributed by atoms with Crippen LogP contribution in [0.1, 0.15) is 0 Å². The number of nitrogens with one attached hydrogen (secondary N) is 2. The van der Waals surface area contributed by atoms with Crippen LogP contribution in [0.5, 0.6) is 0 Å². The van der Waals surface area contributed by atoms with Crippen molar-refractivity contribution >= 4 is 63.3 Å². The fraction of sp³-hybridized carbons (Fsp3) is 0.174. The highest BCUT2D eigenvalue weighted by Crippen LogP contribution is 2.28. The Hall–Kier alpha value is -2.47. The van der Waals surface area contributed by atoms with Gasteiger partial charge in [0.2, 0.25) is 0 Å². The predicted octanol–water partition coefficient (Wildman–Crippen LogP) is 6.26. The molecule has 0 spiro atoms. The highest BCUT2D eigenvalue weighted by atomic mass is 35.5. The number of benzene rings is 3. The fourth-order valence-electron chi connectivity index (χ4n) is 3.38. The van der Waals surface area contributed by atoms with Crippen molar-refractivity contribution < 1.29 is 0 Å². The van der Waals surface area contributed by atoms with Crippen LogP contribution in [0.3, 0.4) is 0 Å². The summed E-state index contributed by atoms with van der Waals surface area (Å²) >= 11 is 17.8. The van der Waals surface area contributed by atoms with Crippen LogP contribution in [0, 0.1) is 0 Å². The maximum atomic E-state index is 6.15. The Labute approximate surface area is 192 Å². The second-order valence-corrected chi connectivity index (χ2v) is 8.27. The molecule has 0 aliphatic carbocycles. The van der Waals surface area contributed by atoms with E-state index in [1.165, 1.54) is 0 Å². The number of anilines is 4. The minimum atomic E-state index is 0.578. The van der Waals surface area contributed by atoms with Crippen LogP contribution >= 0.6 is 35.4 Å². The van der Waals surface area contributed by atoms with E-state index in [0.29, 0.717) is 10.0 Å². The molecule has 0 unspecified atom stereocenters. The molecular formula is C23H22Cl2N4S. The lowest BCUT2D eigenvalue weighted by Crippen LogP contribution is -2.50. The molecule has 7 heteroatoms. The van der Waals surface area contributed by atoms with Gasteiger partial charge >= 0.3 is 0 Å². The molecular weight excluding hydrogens is 435 g/mol. The first kappa shape index (κ1) is 20.8. The normalized spacial score (nSPS) is 13.8. The van der Waals surface area contributed by atoms with Gasteiger partial charge in [-0.15, -0.1) is 0 Å². The van der Waals surface area contributed by atoms with Crippen molar-refractivity contribution in [1.29, 1.82) is 0 Å². The Kier molecular flexibility index (Phi) is 6.62. The molecule has 0 aromatic heterocycles. The molecule has 0 bridgehead atoms. The third-order valence-electron chi connectivity index (χ3n) is 5.03. The largest absolute Gasteiger partial charge is 0.368 e. The Morgan fingerprint density at radius 1 is 0.733 bits per heavy atom. The average molecular weight is 457 g/mol. The predicted molar refractivity (Wildman–Crippen MR) is 133 cm³/mol. The summed E-state index contributed by atoms with van der Waals surface area (Å²) in [5.74, 6) is 0. The SMILES string of the molecule is S=C(Nc1ccc(Nc2ccccc2)cc1)N1CCN(c2ccc(Cl)c(Cl)c2)CC1. The van der Waals surface area contributed by atoms with E-state index in [2.05, 4.69) is 20.4 Å². The zero-order valence-corrected chi connectivity index (χ0v) is 18.6. The first-order chi connectivity index (χ1) is 14.6. The average Bonchev–Trinajstić information content (AvgIpc) is 2.78. The van der Waals surface area contributed by atoms with Crippen LogP contribution in [0.2, 0.25) is 10.0 Å². The Morgan fingerprint density at radius 3 is 2.03 bits per heavy atom. The molecule has 2 N–H and O–H groups in total. The van der Waals surface area contributed by atoms with Crippen molar-refractivity contribution in [2.45, 2.75) is 0 Å². The molecule has 1 aliphatic rings. The number of nitrogens with zero attached hydrogens (tertiary/aromatic N) is 2. The molecule has 1 heterocycles. The topological polar surface area (TPSA) is 30.5 Å². The van der Waals surface area contributed by atoms with Gasteiger partial charge in [0, 0.05) is 48.9 Å². The molecule has 154 valence electrons. The van der Waals surface area contributed by atoms with Gasteiger partial charge in [0.15, 0.2) is 5.11 Å². The van der Waals surface area contributed by atoms with E-state index >= 15 is 0 Å². The molecule has 0 saturated carbocycles. The standard InChI is InChI=1S/C23H22Cl2N4S/c24-21-11-10-20(16-22(21)25)28-12-14-29(15-13-28)23(30)27-19-8-6-18(7-9-19)26-17-4-2-1-3-5-17/h1-11,16,26H,12-15H2,(H,27,30). The monoisotopic (exact) mass is 456 g/mol. The zero-order chi connectivity index (χ0) is 20.9. The van der Waals surface area contributed by atoms with Gasteiger partial charge in [-0.25, -0.2) is 0 Å². The van der Waals surface area contributed by atoms with Gasteiger partial charge in [0.05, 0.1) is 10.0 Å². The number of halogens is 2. The molecule has 3 aromatic carbocycles. The van der Waals surface area contributed by atoms with E-state index in [9.17, 15) is 0 Å². The molecule has 30 heavy (non-hydrogen) atoms. The fourth-order valence-corrected chi connectivity index (χ4v) is 3.97. The van der Waals surface area contributed by atoms with Gasteiger partial charge in [-0.2, -0.15) is 0 Å². The summed E-state index contributed by atoms with van der Waals surface area (Å²) in [4.78, 5) is 4.49. The number of hydrogen-bond donors (Lipinski definition) is 2. The molecule has 0 atom stereocenters. The summed E-state index contributed by atoms with van der Waals surface area (Å²) in [5.41, 5.74) is 4.16. The van der Waals surface area contributed by atoms with Crippen molar-refractivity contribution in [2.75, 3.05) is 41.7 Å². The van der Waals surface area contributed by atoms with E-state index in [1.54, 1.807) is 0 Å². The van der Waals surface area contributed by atoms with E-state index < -0.39 is 0 Å². The number of hydrogen-bond acceptors (Lipinski definition) is 3. The van der Waals surface area contributed by atoms with E-state index in [-0.39, 0.29) is 0 Å². The Bertz CT molecular complexity index is 1000. The Balaban J connectivity index is 1.30. The highest BCUT2D eigenvalue weighted by Gasteiger charge is 2.19. The van der Waals surface area contributed by atoms with E-state index in [0.717, 1.165) is 54.0 Å². The first-order valence-electron chi connectivity index (χ1n) is 9.76. The third kappa shape index (κ3) is 5.17. The summed E-state index contributed by atoms with van der Waals surface area (Å²) < 4.78 is 0. The highest BCUT2D eigenvalue weighted by molar-refractivity contribution is 7.80. The summed E-state index contributed by atoms with van der Waals surface area (Å²) in [6.45, 7) is 3.44. The van der Waals surface area contributed by atoms with Crippen molar-refractivity contribution in [3.05, 3.63) is 82.8 Å². The molecule has 1 aliphatic heterocycles. The minimum Gasteiger partial charge on any atom is -0.368 e. The van der Waals surface area contributed by atoms with Crippen molar-refractivity contribution in [3.8, 4) is 0 Å². The quantitative estimate of drug-likeness (QED) is 0.452. The number of para-hydroxylation sites is 1. The smallest absolute Gasteiger partial charge is 0.173 e. The molecule has 1 fully saturated rings. The van der Waals surface area contributed by atoms with Gasteiger partial charge in [0.1, 0.15) is 0 Å². The van der Waals surface area contributed by atoms with Crippen LogP contribution in [-0.4, -0.2) is 36.2 Å². The maximum absolute atomic E-state index is 6.15.